The Kier molecular flexibility index (Phi) is 7.95. The first-order chi connectivity index (χ1) is 16.9. The molecule has 0 radical (unpaired) electrons. The zero-order valence-corrected chi connectivity index (χ0v) is 20.9. The van der Waals surface area contributed by atoms with Gasteiger partial charge in [0, 0.05) is 51.4 Å². The Hall–Kier alpha value is -3.07. The van der Waals surface area contributed by atoms with Gasteiger partial charge in [0.15, 0.2) is 0 Å². The van der Waals surface area contributed by atoms with Gasteiger partial charge in [-0.2, -0.15) is 0 Å². The van der Waals surface area contributed by atoms with Crippen LogP contribution in [0.2, 0.25) is 0 Å². The van der Waals surface area contributed by atoms with Crippen molar-refractivity contribution in [1.82, 2.24) is 20.0 Å². The van der Waals surface area contributed by atoms with Crippen molar-refractivity contribution in [2.24, 2.45) is 5.92 Å². The smallest absolute Gasteiger partial charge is 0.338 e. The summed E-state index contributed by atoms with van der Waals surface area (Å²) in [6, 6.07) is 6.42. The van der Waals surface area contributed by atoms with Crippen molar-refractivity contribution in [1.29, 1.82) is 0 Å². The molecule has 0 bridgehead atoms. The van der Waals surface area contributed by atoms with E-state index in [9.17, 15) is 14.4 Å². The Morgan fingerprint density at radius 3 is 2.43 bits per heavy atom. The van der Waals surface area contributed by atoms with E-state index in [1.54, 1.807) is 21.1 Å². The minimum absolute atomic E-state index is 0.193. The van der Waals surface area contributed by atoms with Crippen molar-refractivity contribution in [3.63, 3.8) is 0 Å². The number of urea groups is 1. The minimum Gasteiger partial charge on any atom is -0.497 e. The van der Waals surface area contributed by atoms with Crippen LogP contribution in [0.3, 0.4) is 0 Å². The number of carbonyl (C=O) groups excluding carboxylic acids is 3. The highest BCUT2D eigenvalue weighted by atomic mass is 16.5. The molecule has 1 aliphatic carbocycles. The highest BCUT2D eigenvalue weighted by Crippen LogP contribution is 2.33. The van der Waals surface area contributed by atoms with Crippen LogP contribution >= 0.6 is 0 Å². The third-order valence-corrected chi connectivity index (χ3v) is 7.25. The molecule has 3 amide bonds. The molecule has 2 fully saturated rings. The van der Waals surface area contributed by atoms with Crippen LogP contribution < -0.4 is 10.1 Å². The molecule has 0 aromatic heterocycles. The predicted octanol–water partition coefficient (Wildman–Crippen LogP) is 2.54. The number of ether oxygens (including phenoxy) is 2. The summed E-state index contributed by atoms with van der Waals surface area (Å²) in [6.07, 6.45) is 4.01. The highest BCUT2D eigenvalue weighted by Gasteiger charge is 2.38. The molecule has 9 nitrogen and oxygen atoms in total. The Morgan fingerprint density at radius 1 is 1.06 bits per heavy atom. The summed E-state index contributed by atoms with van der Waals surface area (Å²) in [5.74, 6) is 0.726. The molecule has 190 valence electrons. The average Bonchev–Trinajstić information content (AvgIpc) is 3.06. The van der Waals surface area contributed by atoms with Crippen LogP contribution in [-0.4, -0.2) is 86.1 Å². The minimum atomic E-state index is -0.623. The number of benzene rings is 1. The van der Waals surface area contributed by atoms with E-state index >= 15 is 0 Å². The van der Waals surface area contributed by atoms with Gasteiger partial charge in [0.1, 0.15) is 5.75 Å². The number of methoxy groups -OCH3 is 1. The fourth-order valence-corrected chi connectivity index (χ4v) is 4.92. The molecule has 1 N–H and O–H groups in total. The number of amides is 3. The third-order valence-electron chi connectivity index (χ3n) is 7.25. The molecule has 9 heteroatoms. The van der Waals surface area contributed by atoms with E-state index in [1.807, 2.05) is 29.2 Å². The largest absolute Gasteiger partial charge is 0.497 e. The predicted molar refractivity (Wildman–Crippen MR) is 131 cm³/mol. The second kappa shape index (κ2) is 11.1. The maximum atomic E-state index is 13.2. The summed E-state index contributed by atoms with van der Waals surface area (Å²) in [5.41, 5.74) is 1.85. The molecule has 35 heavy (non-hydrogen) atoms. The monoisotopic (exact) mass is 484 g/mol. The zero-order valence-electron chi connectivity index (χ0n) is 20.9. The van der Waals surface area contributed by atoms with Crippen LogP contribution in [0.25, 0.3) is 0 Å². The van der Waals surface area contributed by atoms with Crippen LogP contribution in [-0.2, 0) is 14.3 Å². The van der Waals surface area contributed by atoms with Crippen LogP contribution in [0.4, 0.5) is 4.79 Å². The highest BCUT2D eigenvalue weighted by molar-refractivity contribution is 5.95. The molecule has 1 aromatic carbocycles. The van der Waals surface area contributed by atoms with E-state index in [-0.39, 0.29) is 24.5 Å². The first-order valence-corrected chi connectivity index (χ1v) is 12.5. The normalized spacial score (nSPS) is 21.8. The Balaban J connectivity index is 1.59. The van der Waals surface area contributed by atoms with Crippen molar-refractivity contribution in [3.8, 4) is 5.75 Å². The topological polar surface area (TPSA) is 91.4 Å². The lowest BCUT2D eigenvalue weighted by atomic mass is 9.84. The average molecular weight is 485 g/mol. The molecular formula is C26H36N4O5. The molecule has 2 aliphatic heterocycles. The lowest BCUT2D eigenvalue weighted by Crippen LogP contribution is -2.49. The summed E-state index contributed by atoms with van der Waals surface area (Å²) >= 11 is 0. The van der Waals surface area contributed by atoms with Crippen molar-refractivity contribution >= 4 is 17.9 Å². The van der Waals surface area contributed by atoms with Gasteiger partial charge in [-0.15, -0.1) is 0 Å². The van der Waals surface area contributed by atoms with E-state index in [4.69, 9.17) is 9.47 Å². The van der Waals surface area contributed by atoms with Gasteiger partial charge in [0.05, 0.1) is 25.3 Å². The Morgan fingerprint density at radius 2 is 1.80 bits per heavy atom. The SMILES string of the molecule is CCOC(=O)C1=C(CN2CCCN(C(=O)C3CCC3)CC2)N(C)C(=O)NC1c1ccc(OC)cc1. The summed E-state index contributed by atoms with van der Waals surface area (Å²) in [7, 11) is 3.27. The molecule has 2 heterocycles. The van der Waals surface area contributed by atoms with Crippen molar-refractivity contribution in [2.45, 2.75) is 38.6 Å². The molecule has 3 aliphatic rings. The first-order valence-electron chi connectivity index (χ1n) is 12.5. The Labute approximate surface area is 207 Å². The van der Waals surface area contributed by atoms with Gasteiger partial charge in [0.2, 0.25) is 5.91 Å². The standard InChI is InChI=1S/C26H36N4O5/c1-4-35-25(32)22-21(17-29-13-6-14-30(16-15-29)24(31)19-7-5-8-19)28(2)26(33)27-23(22)18-9-11-20(34-3)12-10-18/h9-12,19,23H,4-8,13-17H2,1-3H3,(H,27,33). The molecule has 1 aromatic rings. The van der Waals surface area contributed by atoms with Gasteiger partial charge in [0.25, 0.3) is 0 Å². The number of carbonyl (C=O) groups is 3. The maximum Gasteiger partial charge on any atom is 0.338 e. The van der Waals surface area contributed by atoms with Crippen molar-refractivity contribution in [3.05, 3.63) is 41.1 Å². The van der Waals surface area contributed by atoms with Gasteiger partial charge in [-0.3, -0.25) is 14.6 Å². The molecule has 1 saturated heterocycles. The molecule has 1 saturated carbocycles. The number of hydrogen-bond acceptors (Lipinski definition) is 6. The molecular weight excluding hydrogens is 448 g/mol. The summed E-state index contributed by atoms with van der Waals surface area (Å²) in [6.45, 7) is 5.34. The lowest BCUT2D eigenvalue weighted by Gasteiger charge is -2.36. The van der Waals surface area contributed by atoms with Gasteiger partial charge < -0.3 is 19.7 Å². The van der Waals surface area contributed by atoms with Gasteiger partial charge in [-0.05, 0) is 43.9 Å². The van der Waals surface area contributed by atoms with E-state index in [0.29, 0.717) is 36.7 Å². The quantitative estimate of drug-likeness (QED) is 0.598. The van der Waals surface area contributed by atoms with E-state index < -0.39 is 12.0 Å². The number of hydrogen-bond donors (Lipinski definition) is 1. The van der Waals surface area contributed by atoms with Crippen molar-refractivity contribution < 1.29 is 23.9 Å². The van der Waals surface area contributed by atoms with E-state index in [0.717, 1.165) is 44.3 Å². The Bertz CT molecular complexity index is 972. The fraction of sp³-hybridized carbons (Fsp3) is 0.577. The second-order valence-corrected chi connectivity index (χ2v) is 9.38. The van der Waals surface area contributed by atoms with Crippen LogP contribution in [0.5, 0.6) is 5.75 Å². The van der Waals surface area contributed by atoms with E-state index in [1.165, 1.54) is 4.90 Å². The number of rotatable bonds is 7. The van der Waals surface area contributed by atoms with Crippen LogP contribution in [0, 0.1) is 5.92 Å². The summed E-state index contributed by atoms with van der Waals surface area (Å²) in [4.78, 5) is 44.6. The van der Waals surface area contributed by atoms with Crippen molar-refractivity contribution in [2.75, 3.05) is 53.5 Å². The van der Waals surface area contributed by atoms with Gasteiger partial charge in [-0.1, -0.05) is 18.6 Å². The van der Waals surface area contributed by atoms with E-state index in [2.05, 4.69) is 10.2 Å². The second-order valence-electron chi connectivity index (χ2n) is 9.38. The van der Waals surface area contributed by atoms with Crippen LogP contribution in [0.1, 0.15) is 44.2 Å². The molecule has 4 rings (SSSR count). The number of likely N-dealkylation sites (N-methyl/N-ethyl adjacent to an activating group) is 1. The summed E-state index contributed by atoms with van der Waals surface area (Å²) < 4.78 is 10.7. The summed E-state index contributed by atoms with van der Waals surface area (Å²) in [5, 5.41) is 2.95. The van der Waals surface area contributed by atoms with Gasteiger partial charge in [-0.25, -0.2) is 9.59 Å². The molecule has 1 unspecified atom stereocenters. The lowest BCUT2D eigenvalue weighted by molar-refractivity contribution is -0.139. The first kappa shape index (κ1) is 25.0. The molecule has 0 spiro atoms. The number of nitrogens with zero attached hydrogens (tertiary/aromatic N) is 3. The van der Waals surface area contributed by atoms with Crippen LogP contribution in [0.15, 0.2) is 35.5 Å². The zero-order chi connectivity index (χ0) is 24.9. The van der Waals surface area contributed by atoms with Gasteiger partial charge >= 0.3 is 12.0 Å². The maximum absolute atomic E-state index is 13.2. The fourth-order valence-electron chi connectivity index (χ4n) is 4.92. The number of nitrogens with one attached hydrogen (secondary N) is 1. The molecule has 1 atom stereocenters. The number of esters is 1. The third kappa shape index (κ3) is 5.45.